The minimum atomic E-state index is 1.21. The van der Waals surface area contributed by atoms with E-state index in [2.05, 4.69) is 23.6 Å². The molecular formula is C10H18N2. The van der Waals surface area contributed by atoms with Crippen LogP contribution in [-0.4, -0.2) is 49.1 Å². The molecule has 2 heteroatoms. The highest BCUT2D eigenvalue weighted by Crippen LogP contribution is 2.24. The smallest absolute Gasteiger partial charge is 0.0212 e. The van der Waals surface area contributed by atoms with Crippen LogP contribution in [0.25, 0.3) is 0 Å². The van der Waals surface area contributed by atoms with Gasteiger partial charge >= 0.3 is 0 Å². The van der Waals surface area contributed by atoms with Crippen molar-refractivity contribution in [1.29, 1.82) is 0 Å². The summed E-state index contributed by atoms with van der Waals surface area (Å²) in [6.45, 7) is 11.9. The lowest BCUT2D eigenvalue weighted by atomic mass is 10.2. The first-order valence-electron chi connectivity index (χ1n) is 4.98. The Morgan fingerprint density at radius 3 is 1.42 bits per heavy atom. The zero-order valence-corrected chi connectivity index (χ0v) is 8.14. The van der Waals surface area contributed by atoms with Crippen LogP contribution in [-0.2, 0) is 0 Å². The Kier molecular flexibility index (Phi) is 2.20. The van der Waals surface area contributed by atoms with E-state index in [0.717, 1.165) is 0 Å². The molecule has 68 valence electrons. The number of likely N-dealkylation sites (N-methyl/N-ethyl adjacent to an activating group) is 2. The average molecular weight is 166 g/mol. The molecule has 0 radical (unpaired) electrons. The third-order valence-corrected chi connectivity index (χ3v) is 3.05. The average Bonchev–Trinajstić information content (AvgIpc) is 2.59. The van der Waals surface area contributed by atoms with E-state index in [-0.39, 0.29) is 0 Å². The molecule has 0 N–H and O–H groups in total. The van der Waals surface area contributed by atoms with Gasteiger partial charge in [0.15, 0.2) is 0 Å². The standard InChI is InChI=1S/C10H18N2/c1-3-11-5-9-7-12(4-2)8-10(9)6-11/h3-8H2,1-2H3. The minimum absolute atomic E-state index is 1.21. The van der Waals surface area contributed by atoms with Crippen molar-refractivity contribution in [2.75, 3.05) is 39.3 Å². The molecule has 2 rings (SSSR count). The maximum absolute atomic E-state index is 2.53. The van der Waals surface area contributed by atoms with E-state index in [9.17, 15) is 0 Å². The second-order valence-electron chi connectivity index (χ2n) is 3.81. The largest absolute Gasteiger partial charge is 0.296 e. The molecule has 0 aromatic carbocycles. The summed E-state index contributed by atoms with van der Waals surface area (Å²) in [5.74, 6) is 0. The highest BCUT2D eigenvalue weighted by molar-refractivity contribution is 5.30. The van der Waals surface area contributed by atoms with Crippen molar-refractivity contribution in [1.82, 2.24) is 9.80 Å². The monoisotopic (exact) mass is 166 g/mol. The third kappa shape index (κ3) is 1.29. The summed E-state index contributed by atoms with van der Waals surface area (Å²) >= 11 is 0. The Labute approximate surface area is 74.8 Å². The second-order valence-corrected chi connectivity index (χ2v) is 3.81. The lowest BCUT2D eigenvalue weighted by molar-refractivity contribution is 0.306. The Bertz CT molecular complexity index is 170. The minimum Gasteiger partial charge on any atom is -0.296 e. The van der Waals surface area contributed by atoms with Gasteiger partial charge in [-0.3, -0.25) is 9.80 Å². The van der Waals surface area contributed by atoms with Gasteiger partial charge in [0.2, 0.25) is 0 Å². The molecule has 2 nitrogen and oxygen atoms in total. The normalized spacial score (nSPS) is 25.5. The van der Waals surface area contributed by atoms with Gasteiger partial charge in [0.05, 0.1) is 0 Å². The Balaban J connectivity index is 1.94. The van der Waals surface area contributed by atoms with E-state index in [4.69, 9.17) is 0 Å². The number of rotatable bonds is 2. The zero-order chi connectivity index (χ0) is 8.55. The molecule has 2 aliphatic heterocycles. The van der Waals surface area contributed by atoms with Gasteiger partial charge in [0.1, 0.15) is 0 Å². The summed E-state index contributed by atoms with van der Waals surface area (Å²) in [6.07, 6.45) is 0. The van der Waals surface area contributed by atoms with Gasteiger partial charge in [-0.25, -0.2) is 0 Å². The van der Waals surface area contributed by atoms with Gasteiger partial charge in [-0.2, -0.15) is 0 Å². The van der Waals surface area contributed by atoms with E-state index in [0.29, 0.717) is 0 Å². The molecule has 0 saturated carbocycles. The highest BCUT2D eigenvalue weighted by atomic mass is 15.2. The SMILES string of the molecule is CCN1CC2=C(C1)CN(CC)C2. The second kappa shape index (κ2) is 3.19. The summed E-state index contributed by atoms with van der Waals surface area (Å²) in [4.78, 5) is 5.05. The van der Waals surface area contributed by atoms with Gasteiger partial charge in [-0.05, 0) is 24.2 Å². The summed E-state index contributed by atoms with van der Waals surface area (Å²) < 4.78 is 0. The van der Waals surface area contributed by atoms with Crippen LogP contribution >= 0.6 is 0 Å². The third-order valence-electron chi connectivity index (χ3n) is 3.05. The zero-order valence-electron chi connectivity index (χ0n) is 8.14. The number of hydrogen-bond donors (Lipinski definition) is 0. The summed E-state index contributed by atoms with van der Waals surface area (Å²) in [5, 5.41) is 0. The van der Waals surface area contributed by atoms with E-state index in [1.54, 1.807) is 11.1 Å². The van der Waals surface area contributed by atoms with Crippen LogP contribution in [0, 0.1) is 0 Å². The van der Waals surface area contributed by atoms with Gasteiger partial charge in [0, 0.05) is 26.2 Å². The van der Waals surface area contributed by atoms with Crippen LogP contribution < -0.4 is 0 Å². The van der Waals surface area contributed by atoms with Crippen molar-refractivity contribution in [3.63, 3.8) is 0 Å². The van der Waals surface area contributed by atoms with Crippen molar-refractivity contribution in [3.8, 4) is 0 Å². The topological polar surface area (TPSA) is 6.48 Å². The molecule has 0 spiro atoms. The first kappa shape index (κ1) is 8.27. The molecule has 0 aromatic rings. The molecule has 0 fully saturated rings. The van der Waals surface area contributed by atoms with E-state index in [1.807, 2.05) is 0 Å². The van der Waals surface area contributed by atoms with Crippen LogP contribution in [0.3, 0.4) is 0 Å². The summed E-state index contributed by atoms with van der Waals surface area (Å²) in [7, 11) is 0. The molecule has 0 aromatic heterocycles. The van der Waals surface area contributed by atoms with Gasteiger partial charge in [0.25, 0.3) is 0 Å². The van der Waals surface area contributed by atoms with Crippen LogP contribution in [0.4, 0.5) is 0 Å². The van der Waals surface area contributed by atoms with Crippen molar-refractivity contribution < 1.29 is 0 Å². The summed E-state index contributed by atoms with van der Waals surface area (Å²) in [6, 6.07) is 0. The van der Waals surface area contributed by atoms with Gasteiger partial charge in [-0.15, -0.1) is 0 Å². The van der Waals surface area contributed by atoms with Crippen molar-refractivity contribution >= 4 is 0 Å². The van der Waals surface area contributed by atoms with E-state index < -0.39 is 0 Å². The number of nitrogens with zero attached hydrogens (tertiary/aromatic N) is 2. The predicted octanol–water partition coefficient (Wildman–Crippen LogP) is 0.954. The first-order valence-corrected chi connectivity index (χ1v) is 4.98. The summed E-state index contributed by atoms with van der Waals surface area (Å²) in [5.41, 5.74) is 3.41. The lowest BCUT2D eigenvalue weighted by Gasteiger charge is -2.19. The van der Waals surface area contributed by atoms with Crippen LogP contribution in [0.5, 0.6) is 0 Å². The van der Waals surface area contributed by atoms with Gasteiger partial charge in [-0.1, -0.05) is 13.8 Å². The van der Waals surface area contributed by atoms with E-state index >= 15 is 0 Å². The lowest BCUT2D eigenvalue weighted by Crippen LogP contribution is -2.29. The molecule has 2 aliphatic rings. The van der Waals surface area contributed by atoms with Crippen LogP contribution in [0.1, 0.15) is 13.8 Å². The molecule has 0 atom stereocenters. The molecule has 12 heavy (non-hydrogen) atoms. The molecule has 0 bridgehead atoms. The Morgan fingerprint density at radius 1 is 0.833 bits per heavy atom. The first-order chi connectivity index (χ1) is 5.83. The molecule has 0 amide bonds. The molecule has 2 heterocycles. The Morgan fingerprint density at radius 2 is 1.17 bits per heavy atom. The fourth-order valence-electron chi connectivity index (χ4n) is 2.19. The molecule has 0 saturated heterocycles. The number of hydrogen-bond acceptors (Lipinski definition) is 2. The molecular weight excluding hydrogens is 148 g/mol. The van der Waals surface area contributed by atoms with Crippen molar-refractivity contribution in [2.24, 2.45) is 0 Å². The maximum atomic E-state index is 2.53. The quantitative estimate of drug-likeness (QED) is 0.564. The van der Waals surface area contributed by atoms with Crippen molar-refractivity contribution in [3.05, 3.63) is 11.1 Å². The van der Waals surface area contributed by atoms with Crippen LogP contribution in [0.15, 0.2) is 11.1 Å². The van der Waals surface area contributed by atoms with Crippen LogP contribution in [0.2, 0.25) is 0 Å². The highest BCUT2D eigenvalue weighted by Gasteiger charge is 2.27. The van der Waals surface area contributed by atoms with Crippen molar-refractivity contribution in [2.45, 2.75) is 13.8 Å². The van der Waals surface area contributed by atoms with Gasteiger partial charge < -0.3 is 0 Å². The molecule has 0 aliphatic carbocycles. The maximum Gasteiger partial charge on any atom is 0.0212 e. The fourth-order valence-corrected chi connectivity index (χ4v) is 2.19. The predicted molar refractivity (Wildman–Crippen MR) is 51.3 cm³/mol. The molecule has 0 unspecified atom stereocenters. The van der Waals surface area contributed by atoms with E-state index in [1.165, 1.54) is 39.3 Å². The fraction of sp³-hybridized carbons (Fsp3) is 0.800. The Hall–Kier alpha value is -0.340.